The minimum absolute atomic E-state index is 0.0283. The number of hydrogen-bond donors (Lipinski definition) is 1. The molecule has 1 heterocycles. The molecule has 0 bridgehead atoms. The number of fused-ring (bicyclic) bond motifs is 1. The zero-order valence-corrected chi connectivity index (χ0v) is 14.7. The molecule has 1 N–H and O–H groups in total. The molecule has 1 aromatic heterocycles. The molecule has 114 valence electrons. The molecule has 21 heavy (non-hydrogen) atoms. The van der Waals surface area contributed by atoms with Crippen molar-refractivity contribution in [2.75, 3.05) is 5.75 Å². The van der Waals surface area contributed by atoms with E-state index in [9.17, 15) is 4.79 Å². The number of nitrogens with zero attached hydrogens (tertiary/aromatic N) is 2. The van der Waals surface area contributed by atoms with Crippen LogP contribution in [0.15, 0.2) is 27.8 Å². The van der Waals surface area contributed by atoms with Crippen molar-refractivity contribution in [3.8, 4) is 0 Å². The molecule has 0 saturated carbocycles. The van der Waals surface area contributed by atoms with E-state index < -0.39 is 5.97 Å². The molecule has 0 aliphatic rings. The van der Waals surface area contributed by atoms with E-state index in [1.807, 2.05) is 18.2 Å². The molecule has 0 aliphatic carbocycles. The maximum atomic E-state index is 10.8. The third-order valence-electron chi connectivity index (χ3n) is 3.61. The highest BCUT2D eigenvalue weighted by atomic mass is 79.9. The summed E-state index contributed by atoms with van der Waals surface area (Å²) in [6.07, 6.45) is 0. The van der Waals surface area contributed by atoms with E-state index in [4.69, 9.17) is 5.11 Å². The lowest BCUT2D eigenvalue weighted by Crippen LogP contribution is -2.14. The number of aliphatic carboxylic acids is 1. The van der Waals surface area contributed by atoms with Crippen LogP contribution in [0.4, 0.5) is 0 Å². The Labute approximate surface area is 137 Å². The Morgan fingerprint density at radius 2 is 2.14 bits per heavy atom. The Bertz CT molecular complexity index is 654. The van der Waals surface area contributed by atoms with Crippen LogP contribution >= 0.6 is 27.7 Å². The first kappa shape index (κ1) is 16.4. The smallest absolute Gasteiger partial charge is 0.313 e. The van der Waals surface area contributed by atoms with Crippen LogP contribution in [-0.2, 0) is 11.3 Å². The number of halogens is 1. The van der Waals surface area contributed by atoms with E-state index in [1.54, 1.807) is 0 Å². The number of thioether (sulfide) groups is 1. The number of hydrogen-bond acceptors (Lipinski definition) is 3. The number of carboxylic acid groups (broad SMARTS) is 1. The number of imidazole rings is 1. The van der Waals surface area contributed by atoms with Gasteiger partial charge in [0.1, 0.15) is 0 Å². The van der Waals surface area contributed by atoms with Crippen LogP contribution in [0.1, 0.15) is 20.8 Å². The van der Waals surface area contributed by atoms with E-state index in [-0.39, 0.29) is 5.75 Å². The van der Waals surface area contributed by atoms with Crippen LogP contribution in [0.3, 0.4) is 0 Å². The van der Waals surface area contributed by atoms with Gasteiger partial charge >= 0.3 is 5.97 Å². The van der Waals surface area contributed by atoms with Crippen LogP contribution in [0.5, 0.6) is 0 Å². The van der Waals surface area contributed by atoms with E-state index >= 15 is 0 Å². The molecule has 1 aromatic carbocycles. The Balaban J connectivity index is 2.41. The number of carboxylic acids is 1. The summed E-state index contributed by atoms with van der Waals surface area (Å²) in [4.78, 5) is 15.4. The minimum Gasteiger partial charge on any atom is -0.481 e. The maximum absolute atomic E-state index is 10.8. The van der Waals surface area contributed by atoms with Crippen molar-refractivity contribution in [1.29, 1.82) is 0 Å². The fourth-order valence-corrected chi connectivity index (χ4v) is 3.09. The summed E-state index contributed by atoms with van der Waals surface area (Å²) in [7, 11) is 0. The molecule has 0 spiro atoms. The van der Waals surface area contributed by atoms with Crippen molar-refractivity contribution in [2.24, 2.45) is 11.8 Å². The fourth-order valence-electron chi connectivity index (χ4n) is 1.99. The second-order valence-corrected chi connectivity index (χ2v) is 7.40. The third kappa shape index (κ3) is 4.01. The molecule has 0 saturated heterocycles. The summed E-state index contributed by atoms with van der Waals surface area (Å²) < 4.78 is 3.12. The Hall–Kier alpha value is -1.01. The molecule has 2 rings (SSSR count). The molecule has 4 nitrogen and oxygen atoms in total. The van der Waals surface area contributed by atoms with Gasteiger partial charge in [0.05, 0.1) is 16.8 Å². The lowest BCUT2D eigenvalue weighted by molar-refractivity contribution is -0.133. The van der Waals surface area contributed by atoms with Gasteiger partial charge in [0, 0.05) is 11.0 Å². The van der Waals surface area contributed by atoms with Crippen LogP contribution in [0, 0.1) is 11.8 Å². The number of benzene rings is 1. The van der Waals surface area contributed by atoms with Crippen LogP contribution in [-0.4, -0.2) is 26.4 Å². The second-order valence-electron chi connectivity index (χ2n) is 5.54. The topological polar surface area (TPSA) is 55.1 Å². The molecule has 0 fully saturated rings. The quantitative estimate of drug-likeness (QED) is 0.771. The van der Waals surface area contributed by atoms with Gasteiger partial charge in [-0.2, -0.15) is 0 Å². The van der Waals surface area contributed by atoms with Crippen molar-refractivity contribution in [1.82, 2.24) is 9.55 Å². The monoisotopic (exact) mass is 370 g/mol. The summed E-state index contributed by atoms with van der Waals surface area (Å²) in [5.74, 6) is 0.266. The first-order valence-corrected chi connectivity index (χ1v) is 8.66. The summed E-state index contributed by atoms with van der Waals surface area (Å²) >= 11 is 4.73. The molecule has 1 atom stereocenters. The standard InChI is InChI=1S/C15H19BrN2O2S/c1-9(2)10(3)7-18-13-5-4-11(16)6-12(13)17-15(18)21-8-14(19)20/h4-6,9-10H,7-8H2,1-3H3,(H,19,20). The zero-order valence-electron chi connectivity index (χ0n) is 12.3. The number of aromatic nitrogens is 2. The lowest BCUT2D eigenvalue weighted by atomic mass is 9.98. The van der Waals surface area contributed by atoms with E-state index in [0.29, 0.717) is 11.8 Å². The Morgan fingerprint density at radius 1 is 1.43 bits per heavy atom. The third-order valence-corrected chi connectivity index (χ3v) is 5.06. The molecule has 1 unspecified atom stereocenters. The Morgan fingerprint density at radius 3 is 2.76 bits per heavy atom. The van der Waals surface area contributed by atoms with Gasteiger partial charge in [-0.25, -0.2) is 4.98 Å². The largest absolute Gasteiger partial charge is 0.481 e. The highest BCUT2D eigenvalue weighted by Crippen LogP contribution is 2.28. The van der Waals surface area contributed by atoms with E-state index in [1.165, 1.54) is 11.8 Å². The van der Waals surface area contributed by atoms with Crippen molar-refractivity contribution in [3.63, 3.8) is 0 Å². The lowest BCUT2D eigenvalue weighted by Gasteiger charge is -2.18. The SMILES string of the molecule is CC(C)C(C)Cn1c(SCC(=O)O)nc2cc(Br)ccc21. The normalized spacial score (nSPS) is 13.0. The summed E-state index contributed by atoms with van der Waals surface area (Å²) in [5.41, 5.74) is 1.95. The van der Waals surface area contributed by atoms with E-state index in [2.05, 4.69) is 46.3 Å². The average Bonchev–Trinajstić information content (AvgIpc) is 2.73. The average molecular weight is 371 g/mol. The predicted molar refractivity (Wildman–Crippen MR) is 89.8 cm³/mol. The van der Waals surface area contributed by atoms with Crippen molar-refractivity contribution >= 4 is 44.7 Å². The molecule has 0 aliphatic heterocycles. The predicted octanol–water partition coefficient (Wildman–Crippen LogP) is 4.27. The molecule has 6 heteroatoms. The van der Waals surface area contributed by atoms with Crippen LogP contribution in [0.25, 0.3) is 11.0 Å². The highest BCUT2D eigenvalue weighted by molar-refractivity contribution is 9.10. The zero-order chi connectivity index (χ0) is 15.6. The first-order chi connectivity index (χ1) is 9.88. The first-order valence-electron chi connectivity index (χ1n) is 6.89. The Kier molecular flexibility index (Phi) is 5.32. The van der Waals surface area contributed by atoms with Gasteiger partial charge in [0.2, 0.25) is 0 Å². The van der Waals surface area contributed by atoms with Gasteiger partial charge in [-0.1, -0.05) is 48.5 Å². The summed E-state index contributed by atoms with van der Waals surface area (Å²) in [6.45, 7) is 7.45. The molecule has 0 radical (unpaired) electrons. The molecular formula is C15H19BrN2O2S. The van der Waals surface area contributed by atoms with Crippen LogP contribution < -0.4 is 0 Å². The van der Waals surface area contributed by atoms with Crippen LogP contribution in [0.2, 0.25) is 0 Å². The van der Waals surface area contributed by atoms with E-state index in [0.717, 1.165) is 27.2 Å². The van der Waals surface area contributed by atoms with Gasteiger partial charge in [-0.15, -0.1) is 0 Å². The minimum atomic E-state index is -0.823. The van der Waals surface area contributed by atoms with Crippen molar-refractivity contribution < 1.29 is 9.90 Å². The van der Waals surface area contributed by atoms with Gasteiger partial charge < -0.3 is 9.67 Å². The fraction of sp³-hybridized carbons (Fsp3) is 0.467. The summed E-state index contributed by atoms with van der Waals surface area (Å²) in [6, 6.07) is 5.99. The van der Waals surface area contributed by atoms with Crippen molar-refractivity contribution in [3.05, 3.63) is 22.7 Å². The molecule has 2 aromatic rings. The molecular weight excluding hydrogens is 352 g/mol. The summed E-state index contributed by atoms with van der Waals surface area (Å²) in [5, 5.41) is 9.67. The van der Waals surface area contributed by atoms with Gasteiger partial charge in [0.15, 0.2) is 5.16 Å². The van der Waals surface area contributed by atoms with Gasteiger partial charge in [-0.3, -0.25) is 4.79 Å². The van der Waals surface area contributed by atoms with Crippen molar-refractivity contribution in [2.45, 2.75) is 32.5 Å². The van der Waals surface area contributed by atoms with Gasteiger partial charge in [-0.05, 0) is 30.0 Å². The number of rotatable bonds is 6. The maximum Gasteiger partial charge on any atom is 0.313 e. The van der Waals surface area contributed by atoms with Gasteiger partial charge in [0.25, 0.3) is 0 Å². The highest BCUT2D eigenvalue weighted by Gasteiger charge is 2.16. The number of carbonyl (C=O) groups is 1. The second kappa shape index (κ2) is 6.83. The molecule has 0 amide bonds.